The van der Waals surface area contributed by atoms with Crippen LogP contribution in [0.15, 0.2) is 59.9 Å². The van der Waals surface area contributed by atoms with E-state index in [1.54, 1.807) is 42.5 Å². The van der Waals surface area contributed by atoms with Crippen LogP contribution in [0.1, 0.15) is 23.0 Å². The highest BCUT2D eigenvalue weighted by Gasteiger charge is 2.15. The number of carbonyl (C=O) groups excluding carboxylic acids is 1. The molecule has 0 saturated carbocycles. The molecule has 1 N–H and O–H groups in total. The van der Waals surface area contributed by atoms with E-state index in [0.717, 1.165) is 0 Å². The smallest absolute Gasteiger partial charge is 0.275 e. The second-order valence-corrected chi connectivity index (χ2v) is 6.99. The van der Waals surface area contributed by atoms with Crippen LogP contribution in [-0.2, 0) is 5.75 Å². The summed E-state index contributed by atoms with van der Waals surface area (Å²) in [6.45, 7) is 2.46. The van der Waals surface area contributed by atoms with Crippen LogP contribution in [0.25, 0.3) is 0 Å². The largest absolute Gasteiger partial charge is 0.494 e. The number of nitrogens with one attached hydrogen (secondary N) is 1. The van der Waals surface area contributed by atoms with Crippen molar-refractivity contribution in [3.05, 3.63) is 76.8 Å². The van der Waals surface area contributed by atoms with Crippen molar-refractivity contribution in [3.63, 3.8) is 0 Å². The Labute approximate surface area is 171 Å². The molecule has 0 saturated heterocycles. The third-order valence-corrected chi connectivity index (χ3v) is 4.86. The molecule has 1 heterocycles. The van der Waals surface area contributed by atoms with Gasteiger partial charge in [-0.15, -0.1) is 0 Å². The molecular formula is C20H17ClFN3O2S. The first-order chi connectivity index (χ1) is 13.6. The molecule has 0 aliphatic carbocycles. The van der Waals surface area contributed by atoms with Crippen LogP contribution in [0.5, 0.6) is 5.75 Å². The highest BCUT2D eigenvalue weighted by molar-refractivity contribution is 7.98. The predicted octanol–water partition coefficient (Wildman–Crippen LogP) is 5.21. The van der Waals surface area contributed by atoms with Crippen molar-refractivity contribution in [1.29, 1.82) is 0 Å². The SMILES string of the molecule is CCOc1ccc(NC(=O)c2nc(SCc3ccccc3F)ncc2Cl)cc1. The number of hydrogen-bond acceptors (Lipinski definition) is 5. The Balaban J connectivity index is 1.69. The molecule has 5 nitrogen and oxygen atoms in total. The zero-order valence-electron chi connectivity index (χ0n) is 15.0. The van der Waals surface area contributed by atoms with Crippen molar-refractivity contribution in [1.82, 2.24) is 9.97 Å². The lowest BCUT2D eigenvalue weighted by Gasteiger charge is -2.09. The van der Waals surface area contributed by atoms with Crippen molar-refractivity contribution in [2.45, 2.75) is 17.8 Å². The van der Waals surface area contributed by atoms with Crippen molar-refractivity contribution >= 4 is 35.0 Å². The number of nitrogens with zero attached hydrogens (tertiary/aromatic N) is 2. The molecular weight excluding hydrogens is 401 g/mol. The predicted molar refractivity (Wildman–Crippen MR) is 109 cm³/mol. The maximum Gasteiger partial charge on any atom is 0.275 e. The topological polar surface area (TPSA) is 64.1 Å². The van der Waals surface area contributed by atoms with Crippen LogP contribution in [0, 0.1) is 5.82 Å². The molecule has 3 aromatic rings. The normalized spacial score (nSPS) is 10.5. The third-order valence-electron chi connectivity index (χ3n) is 3.67. The molecule has 28 heavy (non-hydrogen) atoms. The fraction of sp³-hybridized carbons (Fsp3) is 0.150. The van der Waals surface area contributed by atoms with Gasteiger partial charge in [-0.25, -0.2) is 14.4 Å². The molecule has 0 spiro atoms. The molecule has 0 atom stereocenters. The summed E-state index contributed by atoms with van der Waals surface area (Å²) in [6, 6.07) is 13.5. The van der Waals surface area contributed by atoms with Gasteiger partial charge in [0.1, 0.15) is 11.6 Å². The molecule has 0 fully saturated rings. The number of ether oxygens (including phenoxy) is 1. The number of hydrogen-bond donors (Lipinski definition) is 1. The van der Waals surface area contributed by atoms with E-state index in [1.807, 2.05) is 6.92 Å². The van der Waals surface area contributed by atoms with E-state index in [-0.39, 0.29) is 16.5 Å². The van der Waals surface area contributed by atoms with Crippen molar-refractivity contribution < 1.29 is 13.9 Å². The summed E-state index contributed by atoms with van der Waals surface area (Å²) in [5.41, 5.74) is 1.18. The number of anilines is 1. The van der Waals surface area contributed by atoms with Crippen molar-refractivity contribution in [2.24, 2.45) is 0 Å². The number of benzene rings is 2. The maximum absolute atomic E-state index is 13.7. The Kier molecular flexibility index (Phi) is 6.84. The van der Waals surface area contributed by atoms with Gasteiger partial charge < -0.3 is 10.1 Å². The maximum atomic E-state index is 13.7. The summed E-state index contributed by atoms with van der Waals surface area (Å²) in [7, 11) is 0. The van der Waals surface area contributed by atoms with Gasteiger partial charge in [0.15, 0.2) is 10.9 Å². The molecule has 0 aliphatic heterocycles. The van der Waals surface area contributed by atoms with E-state index in [0.29, 0.717) is 34.5 Å². The summed E-state index contributed by atoms with van der Waals surface area (Å²) in [6.07, 6.45) is 1.37. The van der Waals surface area contributed by atoms with Gasteiger partial charge in [0, 0.05) is 11.4 Å². The molecule has 2 aromatic carbocycles. The standard InChI is InChI=1S/C20H17ClFN3O2S/c1-2-27-15-9-7-14(8-10-15)24-19(26)18-16(21)11-23-20(25-18)28-12-13-5-3-4-6-17(13)22/h3-11H,2,12H2,1H3,(H,24,26). The van der Waals surface area contributed by atoms with Gasteiger partial charge in [-0.2, -0.15) is 0 Å². The minimum atomic E-state index is -0.454. The second-order valence-electron chi connectivity index (χ2n) is 5.64. The lowest BCUT2D eigenvalue weighted by atomic mass is 10.2. The Morgan fingerprint density at radius 3 is 2.68 bits per heavy atom. The van der Waals surface area contributed by atoms with Gasteiger partial charge in [0.2, 0.25) is 0 Å². The van der Waals surface area contributed by atoms with Gasteiger partial charge in [-0.1, -0.05) is 41.6 Å². The van der Waals surface area contributed by atoms with Crippen LogP contribution in [0.3, 0.4) is 0 Å². The number of thioether (sulfide) groups is 1. The van der Waals surface area contributed by atoms with E-state index >= 15 is 0 Å². The number of halogens is 2. The lowest BCUT2D eigenvalue weighted by molar-refractivity contribution is 0.102. The zero-order valence-corrected chi connectivity index (χ0v) is 16.6. The molecule has 8 heteroatoms. The van der Waals surface area contributed by atoms with E-state index in [9.17, 15) is 9.18 Å². The summed E-state index contributed by atoms with van der Waals surface area (Å²) in [5.74, 6) is 0.308. The fourth-order valence-corrected chi connectivity index (χ4v) is 3.31. The van der Waals surface area contributed by atoms with Crippen LogP contribution in [-0.4, -0.2) is 22.5 Å². The summed E-state index contributed by atoms with van der Waals surface area (Å²) < 4.78 is 19.1. The first-order valence-corrected chi connectivity index (χ1v) is 9.86. The van der Waals surface area contributed by atoms with E-state index in [1.165, 1.54) is 24.0 Å². The summed E-state index contributed by atoms with van der Waals surface area (Å²) >= 11 is 7.32. The monoisotopic (exact) mass is 417 g/mol. The number of carbonyl (C=O) groups is 1. The molecule has 1 aromatic heterocycles. The van der Waals surface area contributed by atoms with Crippen LogP contribution in [0.4, 0.5) is 10.1 Å². The van der Waals surface area contributed by atoms with Gasteiger partial charge in [-0.3, -0.25) is 4.79 Å². The van der Waals surface area contributed by atoms with Gasteiger partial charge in [0.25, 0.3) is 5.91 Å². The van der Waals surface area contributed by atoms with Crippen LogP contribution < -0.4 is 10.1 Å². The second kappa shape index (κ2) is 9.52. The first-order valence-electron chi connectivity index (χ1n) is 8.49. The van der Waals surface area contributed by atoms with Crippen molar-refractivity contribution in [3.8, 4) is 5.75 Å². The van der Waals surface area contributed by atoms with Crippen LogP contribution in [0.2, 0.25) is 5.02 Å². The number of rotatable bonds is 7. The molecule has 1 amide bonds. The number of aromatic nitrogens is 2. The highest BCUT2D eigenvalue weighted by atomic mass is 35.5. The quantitative estimate of drug-likeness (QED) is 0.422. The fourth-order valence-electron chi connectivity index (χ4n) is 2.33. The van der Waals surface area contributed by atoms with Gasteiger partial charge in [-0.05, 0) is 42.8 Å². The Morgan fingerprint density at radius 2 is 1.96 bits per heavy atom. The molecule has 3 rings (SSSR count). The van der Waals surface area contributed by atoms with E-state index in [4.69, 9.17) is 16.3 Å². The van der Waals surface area contributed by atoms with E-state index < -0.39 is 5.91 Å². The molecule has 144 valence electrons. The van der Waals surface area contributed by atoms with Crippen LogP contribution >= 0.6 is 23.4 Å². The van der Waals surface area contributed by atoms with Gasteiger partial charge >= 0.3 is 0 Å². The lowest BCUT2D eigenvalue weighted by Crippen LogP contribution is -2.15. The summed E-state index contributed by atoms with van der Waals surface area (Å²) in [5, 5.41) is 3.22. The molecule has 0 aliphatic rings. The summed E-state index contributed by atoms with van der Waals surface area (Å²) in [4.78, 5) is 20.9. The highest BCUT2D eigenvalue weighted by Crippen LogP contribution is 2.24. The Morgan fingerprint density at radius 1 is 1.21 bits per heavy atom. The minimum absolute atomic E-state index is 0.0570. The Hall–Kier alpha value is -2.64. The van der Waals surface area contributed by atoms with E-state index in [2.05, 4.69) is 15.3 Å². The molecule has 0 unspecified atom stereocenters. The molecule has 0 bridgehead atoms. The zero-order chi connectivity index (χ0) is 19.9. The number of amides is 1. The van der Waals surface area contributed by atoms with Crippen molar-refractivity contribution in [2.75, 3.05) is 11.9 Å². The Bertz CT molecular complexity index is 970. The minimum Gasteiger partial charge on any atom is -0.494 e. The first kappa shape index (κ1) is 20.1. The van der Waals surface area contributed by atoms with Gasteiger partial charge in [0.05, 0.1) is 17.8 Å². The average Bonchev–Trinajstić information content (AvgIpc) is 2.70. The average molecular weight is 418 g/mol. The third kappa shape index (κ3) is 5.21. The molecule has 0 radical (unpaired) electrons.